The molecule has 0 aliphatic heterocycles. The number of hydrogen-bond acceptors (Lipinski definition) is 1. The number of anilines is 3. The Hall–Kier alpha value is -4.88. The van der Waals surface area contributed by atoms with E-state index in [1.807, 2.05) is 0 Å². The maximum atomic E-state index is 2.40. The van der Waals surface area contributed by atoms with Crippen LogP contribution in [-0.2, 0) is 0 Å². The molecule has 42 heavy (non-hydrogen) atoms. The van der Waals surface area contributed by atoms with Gasteiger partial charge in [-0.3, -0.25) is 0 Å². The predicted molar refractivity (Wildman–Crippen MR) is 181 cm³/mol. The van der Waals surface area contributed by atoms with Crippen LogP contribution >= 0.6 is 0 Å². The molecule has 0 atom stereocenters. The van der Waals surface area contributed by atoms with Gasteiger partial charge in [-0.15, -0.1) is 0 Å². The van der Waals surface area contributed by atoms with Crippen LogP contribution in [0.25, 0.3) is 52.3 Å². The molecule has 0 N–H and O–H groups in total. The molecule has 198 valence electrons. The first-order valence-corrected chi connectivity index (χ1v) is 16.0. The number of benzene rings is 7. The van der Waals surface area contributed by atoms with E-state index in [0.717, 1.165) is 11.4 Å². The minimum absolute atomic E-state index is 0.295. The molecule has 0 radical (unpaired) electrons. The van der Waals surface area contributed by atoms with E-state index < -0.39 is 0 Å². The van der Waals surface area contributed by atoms with Crippen molar-refractivity contribution in [3.05, 3.63) is 164 Å². The van der Waals surface area contributed by atoms with Gasteiger partial charge in [0, 0.05) is 0 Å². The molecule has 0 aliphatic carbocycles. The molecule has 0 aliphatic rings. The van der Waals surface area contributed by atoms with Crippen LogP contribution in [0.5, 0.6) is 0 Å². The molecule has 8 aromatic rings. The molecule has 8 rings (SSSR count). The van der Waals surface area contributed by atoms with E-state index in [1.54, 1.807) is 0 Å². The van der Waals surface area contributed by atoms with Gasteiger partial charge in [-0.05, 0) is 0 Å². The first-order chi connectivity index (χ1) is 20.8. The van der Waals surface area contributed by atoms with E-state index in [9.17, 15) is 0 Å². The Bertz CT molecular complexity index is 2080. The molecule has 1 aromatic heterocycles. The van der Waals surface area contributed by atoms with E-state index >= 15 is 0 Å². The number of fused-ring (bicyclic) bond motifs is 5. The quantitative estimate of drug-likeness (QED) is 0.178. The van der Waals surface area contributed by atoms with Crippen molar-refractivity contribution in [3.63, 3.8) is 0 Å². The van der Waals surface area contributed by atoms with Gasteiger partial charge >= 0.3 is 240 Å². The third-order valence-corrected chi connectivity index (χ3v) is 10.6. The standard InChI is InChI=1S/C40H27NSe/c1-3-9-28(10-4-1)30-15-20-33(21-16-30)41(34-22-17-31(18-23-34)29-11-5-2-6-12-29)35-24-26-39-38(27-35)37-25-19-32-13-7-8-14-36(32)40(37)42-39/h1-27H. The predicted octanol–water partition coefficient (Wildman–Crippen LogP) is 11.0. The van der Waals surface area contributed by atoms with Crippen molar-refractivity contribution in [2.45, 2.75) is 0 Å². The number of nitrogens with zero attached hydrogens (tertiary/aromatic N) is 1. The van der Waals surface area contributed by atoms with Crippen molar-refractivity contribution in [2.75, 3.05) is 4.90 Å². The van der Waals surface area contributed by atoms with Crippen LogP contribution in [0.2, 0.25) is 0 Å². The van der Waals surface area contributed by atoms with E-state index in [-0.39, 0.29) is 0 Å². The zero-order valence-corrected chi connectivity index (χ0v) is 24.7. The molecule has 1 heterocycles. The van der Waals surface area contributed by atoms with Crippen LogP contribution in [0.4, 0.5) is 17.1 Å². The van der Waals surface area contributed by atoms with Gasteiger partial charge in [-0.1, -0.05) is 12.1 Å². The summed E-state index contributed by atoms with van der Waals surface area (Å²) in [5, 5.41) is 5.45. The first-order valence-electron chi connectivity index (χ1n) is 14.3. The second kappa shape index (κ2) is 10.5. The van der Waals surface area contributed by atoms with Crippen molar-refractivity contribution in [1.29, 1.82) is 0 Å². The zero-order chi connectivity index (χ0) is 27.9. The van der Waals surface area contributed by atoms with Gasteiger partial charge in [-0.25, -0.2) is 0 Å². The van der Waals surface area contributed by atoms with E-state index in [1.165, 1.54) is 58.0 Å². The summed E-state index contributed by atoms with van der Waals surface area (Å²) in [7, 11) is 0. The maximum absolute atomic E-state index is 2.40. The van der Waals surface area contributed by atoms with Crippen LogP contribution in [-0.4, -0.2) is 14.5 Å². The summed E-state index contributed by atoms with van der Waals surface area (Å²) < 4.78 is 2.95. The van der Waals surface area contributed by atoms with Crippen molar-refractivity contribution in [3.8, 4) is 22.3 Å². The molecule has 2 heteroatoms. The number of hydrogen-bond donors (Lipinski definition) is 0. The van der Waals surface area contributed by atoms with Gasteiger partial charge in [0.15, 0.2) is 0 Å². The van der Waals surface area contributed by atoms with E-state index in [2.05, 4.69) is 169 Å². The Labute approximate surface area is 251 Å². The van der Waals surface area contributed by atoms with Crippen LogP contribution in [0.15, 0.2) is 164 Å². The fourth-order valence-electron chi connectivity index (χ4n) is 5.95. The second-order valence-electron chi connectivity index (χ2n) is 10.6. The fraction of sp³-hybridized carbons (Fsp3) is 0. The van der Waals surface area contributed by atoms with Crippen molar-refractivity contribution >= 4 is 61.6 Å². The average molecular weight is 601 g/mol. The van der Waals surface area contributed by atoms with E-state index in [0.29, 0.717) is 14.5 Å². The Morgan fingerprint density at radius 3 is 1.50 bits per heavy atom. The Balaban J connectivity index is 1.27. The monoisotopic (exact) mass is 601 g/mol. The summed E-state index contributed by atoms with van der Waals surface area (Å²) in [6, 6.07) is 59.5. The third kappa shape index (κ3) is 4.43. The molecule has 0 amide bonds. The molecule has 0 spiro atoms. The van der Waals surface area contributed by atoms with Crippen molar-refractivity contribution in [2.24, 2.45) is 0 Å². The fourth-order valence-corrected chi connectivity index (χ4v) is 8.50. The molecular formula is C40H27NSe. The third-order valence-electron chi connectivity index (χ3n) is 8.07. The van der Waals surface area contributed by atoms with Crippen molar-refractivity contribution < 1.29 is 0 Å². The van der Waals surface area contributed by atoms with Crippen LogP contribution < -0.4 is 4.90 Å². The van der Waals surface area contributed by atoms with Crippen LogP contribution in [0.1, 0.15) is 0 Å². The van der Waals surface area contributed by atoms with Crippen molar-refractivity contribution in [1.82, 2.24) is 0 Å². The summed E-state index contributed by atoms with van der Waals surface area (Å²) in [6.45, 7) is 0. The molecule has 0 unspecified atom stereocenters. The van der Waals surface area contributed by atoms with E-state index in [4.69, 9.17) is 0 Å². The Morgan fingerprint density at radius 2 is 0.881 bits per heavy atom. The normalized spacial score (nSPS) is 11.3. The summed E-state index contributed by atoms with van der Waals surface area (Å²) in [6.07, 6.45) is 0. The first kappa shape index (κ1) is 24.9. The molecule has 0 saturated heterocycles. The summed E-state index contributed by atoms with van der Waals surface area (Å²) >= 11 is 0.295. The topological polar surface area (TPSA) is 3.24 Å². The summed E-state index contributed by atoms with van der Waals surface area (Å²) in [5.41, 5.74) is 8.35. The molecule has 0 bridgehead atoms. The molecule has 7 aromatic carbocycles. The molecule has 0 saturated carbocycles. The molecule has 0 fully saturated rings. The molecule has 1 nitrogen and oxygen atoms in total. The Morgan fingerprint density at radius 1 is 0.357 bits per heavy atom. The van der Waals surface area contributed by atoms with Crippen LogP contribution in [0, 0.1) is 0 Å². The van der Waals surface area contributed by atoms with Gasteiger partial charge in [0.2, 0.25) is 0 Å². The second-order valence-corrected chi connectivity index (χ2v) is 12.8. The summed E-state index contributed by atoms with van der Waals surface area (Å²) in [5.74, 6) is 0. The van der Waals surface area contributed by atoms with Gasteiger partial charge in [0.1, 0.15) is 0 Å². The zero-order valence-electron chi connectivity index (χ0n) is 22.9. The SMILES string of the molecule is c1ccc(-c2ccc(N(c3ccc(-c4ccccc4)cc3)c3ccc4[se]c5c6ccccc6ccc5c4c3)cc2)cc1. The van der Waals surface area contributed by atoms with Gasteiger partial charge in [0.25, 0.3) is 0 Å². The minimum atomic E-state index is 0.295. The Kier molecular flexibility index (Phi) is 6.22. The van der Waals surface area contributed by atoms with Gasteiger partial charge < -0.3 is 0 Å². The van der Waals surface area contributed by atoms with Crippen LogP contribution in [0.3, 0.4) is 0 Å². The summed E-state index contributed by atoms with van der Waals surface area (Å²) in [4.78, 5) is 2.38. The van der Waals surface area contributed by atoms with Gasteiger partial charge in [0.05, 0.1) is 0 Å². The van der Waals surface area contributed by atoms with Gasteiger partial charge in [-0.2, -0.15) is 0 Å². The number of rotatable bonds is 5. The average Bonchev–Trinajstić information content (AvgIpc) is 3.45. The molecular weight excluding hydrogens is 573 g/mol.